The molecule has 2 heterocycles. The van der Waals surface area contributed by atoms with Crippen molar-refractivity contribution in [3.63, 3.8) is 0 Å². The maximum atomic E-state index is 14.1. The second-order valence-electron chi connectivity index (χ2n) is 7.58. The van der Waals surface area contributed by atoms with E-state index in [0.717, 1.165) is 18.9 Å². The van der Waals surface area contributed by atoms with Gasteiger partial charge < -0.3 is 4.90 Å². The van der Waals surface area contributed by atoms with Crippen molar-refractivity contribution in [2.24, 2.45) is 5.92 Å². The lowest BCUT2D eigenvalue weighted by Gasteiger charge is -2.46. The van der Waals surface area contributed by atoms with E-state index < -0.39 is 26.6 Å². The van der Waals surface area contributed by atoms with Gasteiger partial charge in [-0.15, -0.1) is 0 Å². The summed E-state index contributed by atoms with van der Waals surface area (Å²) >= 11 is 0. The van der Waals surface area contributed by atoms with Crippen LogP contribution in [0.1, 0.15) is 37.7 Å². The molecule has 3 fully saturated rings. The summed E-state index contributed by atoms with van der Waals surface area (Å²) in [5, 5.41) is 0. The third-order valence-electron chi connectivity index (χ3n) is 5.80. The third-order valence-corrected chi connectivity index (χ3v) is 7.68. The first-order chi connectivity index (χ1) is 12.3. The molecular weight excluding hydrogens is 362 g/mol. The Hall–Kier alpha value is -1.54. The summed E-state index contributed by atoms with van der Waals surface area (Å²) in [6.07, 6.45) is 3.71. The molecule has 1 saturated carbocycles. The van der Waals surface area contributed by atoms with E-state index in [-0.39, 0.29) is 36.5 Å². The minimum atomic E-state index is -4.03. The first kappa shape index (κ1) is 17.9. The normalized spacial score (nSPS) is 27.5. The average Bonchev–Trinajstić information content (AvgIpc) is 3.42. The maximum absolute atomic E-state index is 14.1. The van der Waals surface area contributed by atoms with Gasteiger partial charge in [0.15, 0.2) is 0 Å². The number of rotatable bonds is 3. The number of carbonyl (C=O) groups excluding carboxylic acids is 1. The molecule has 0 spiro atoms. The average molecular weight is 384 g/mol. The SMILES string of the molecule is Cc1cc(S(=O)(=O)N2CC[C@@H]3[C@H](CCC(=O)N3C3CC3)C2)c(F)cc1F. The van der Waals surface area contributed by atoms with Crippen molar-refractivity contribution in [1.29, 1.82) is 0 Å². The number of halogens is 2. The molecule has 8 heteroatoms. The summed E-state index contributed by atoms with van der Waals surface area (Å²) in [6, 6.07) is 2.08. The quantitative estimate of drug-likeness (QED) is 0.804. The Bertz CT molecular complexity index is 854. The highest BCUT2D eigenvalue weighted by molar-refractivity contribution is 7.89. The number of hydrogen-bond acceptors (Lipinski definition) is 3. The molecule has 2 saturated heterocycles. The molecule has 0 unspecified atom stereocenters. The number of likely N-dealkylation sites (tertiary alicyclic amines) is 1. The Balaban J connectivity index is 1.58. The van der Waals surface area contributed by atoms with E-state index >= 15 is 0 Å². The van der Waals surface area contributed by atoms with Crippen LogP contribution < -0.4 is 0 Å². The summed E-state index contributed by atoms with van der Waals surface area (Å²) in [4.78, 5) is 13.8. The van der Waals surface area contributed by atoms with Crippen LogP contribution in [0.2, 0.25) is 0 Å². The van der Waals surface area contributed by atoms with E-state index in [2.05, 4.69) is 0 Å². The lowest BCUT2D eigenvalue weighted by Crippen LogP contribution is -2.57. The minimum absolute atomic E-state index is 0.0708. The smallest absolute Gasteiger partial charge is 0.246 e. The van der Waals surface area contributed by atoms with Gasteiger partial charge in [-0.2, -0.15) is 4.31 Å². The molecule has 5 nitrogen and oxygen atoms in total. The zero-order valence-electron chi connectivity index (χ0n) is 14.6. The predicted octanol–water partition coefficient (Wildman–Crippen LogP) is 2.44. The lowest BCUT2D eigenvalue weighted by molar-refractivity contribution is -0.141. The number of sulfonamides is 1. The van der Waals surface area contributed by atoms with Crippen LogP contribution in [0.15, 0.2) is 17.0 Å². The van der Waals surface area contributed by atoms with Crippen molar-refractivity contribution in [3.8, 4) is 0 Å². The second-order valence-corrected chi connectivity index (χ2v) is 9.49. The summed E-state index contributed by atoms with van der Waals surface area (Å²) in [5.74, 6) is -1.58. The molecule has 1 aliphatic carbocycles. The van der Waals surface area contributed by atoms with Crippen molar-refractivity contribution < 1.29 is 22.0 Å². The molecule has 1 aromatic rings. The van der Waals surface area contributed by atoms with E-state index in [1.807, 2.05) is 4.90 Å². The Morgan fingerprint density at radius 1 is 1.08 bits per heavy atom. The second kappa shape index (κ2) is 6.27. The van der Waals surface area contributed by atoms with Gasteiger partial charge in [-0.3, -0.25) is 4.79 Å². The highest BCUT2D eigenvalue weighted by Gasteiger charge is 2.47. The molecule has 1 amide bonds. The minimum Gasteiger partial charge on any atom is -0.336 e. The van der Waals surface area contributed by atoms with E-state index in [4.69, 9.17) is 0 Å². The summed E-state index contributed by atoms with van der Waals surface area (Å²) < 4.78 is 54.8. The Morgan fingerprint density at radius 2 is 1.81 bits per heavy atom. The highest BCUT2D eigenvalue weighted by atomic mass is 32.2. The van der Waals surface area contributed by atoms with Gasteiger partial charge in [0, 0.05) is 37.7 Å². The topological polar surface area (TPSA) is 57.7 Å². The van der Waals surface area contributed by atoms with Gasteiger partial charge in [0.05, 0.1) is 0 Å². The monoisotopic (exact) mass is 384 g/mol. The Morgan fingerprint density at radius 3 is 2.50 bits per heavy atom. The van der Waals surface area contributed by atoms with Crippen LogP contribution >= 0.6 is 0 Å². The molecule has 3 aliphatic rings. The number of fused-ring (bicyclic) bond motifs is 1. The molecule has 2 aliphatic heterocycles. The standard InChI is InChI=1S/C18H22F2N2O3S/c1-11-8-17(15(20)9-14(11)19)26(24,25)21-7-6-16-12(10-21)2-5-18(23)22(16)13-3-4-13/h8-9,12-13,16H,2-7,10H2,1H3/t12-,16-/m1/s1. The summed E-state index contributed by atoms with van der Waals surface area (Å²) in [6.45, 7) is 1.94. The predicted molar refractivity (Wildman–Crippen MR) is 90.9 cm³/mol. The molecule has 0 radical (unpaired) electrons. The fourth-order valence-corrected chi connectivity index (χ4v) is 5.91. The van der Waals surface area contributed by atoms with Crippen molar-refractivity contribution >= 4 is 15.9 Å². The van der Waals surface area contributed by atoms with Gasteiger partial charge in [-0.05, 0) is 50.2 Å². The zero-order chi connectivity index (χ0) is 18.6. The number of benzene rings is 1. The molecule has 4 rings (SSSR count). The van der Waals surface area contributed by atoms with Crippen molar-refractivity contribution in [1.82, 2.24) is 9.21 Å². The van der Waals surface area contributed by atoms with Gasteiger partial charge in [0.1, 0.15) is 16.5 Å². The molecule has 1 aromatic carbocycles. The van der Waals surface area contributed by atoms with Crippen molar-refractivity contribution in [3.05, 3.63) is 29.3 Å². The van der Waals surface area contributed by atoms with Crippen molar-refractivity contribution in [2.75, 3.05) is 13.1 Å². The van der Waals surface area contributed by atoms with Gasteiger partial charge >= 0.3 is 0 Å². The van der Waals surface area contributed by atoms with E-state index in [9.17, 15) is 22.0 Å². The van der Waals surface area contributed by atoms with E-state index in [1.54, 1.807) is 0 Å². The van der Waals surface area contributed by atoms with Crippen molar-refractivity contribution in [2.45, 2.75) is 56.0 Å². The van der Waals surface area contributed by atoms with Crippen LogP contribution in [0, 0.1) is 24.5 Å². The molecule has 0 aromatic heterocycles. The first-order valence-corrected chi connectivity index (χ1v) is 10.5. The summed E-state index contributed by atoms with van der Waals surface area (Å²) in [5.41, 5.74) is 0.100. The zero-order valence-corrected chi connectivity index (χ0v) is 15.4. The first-order valence-electron chi connectivity index (χ1n) is 9.06. The van der Waals surface area contributed by atoms with Crippen LogP contribution in [0.4, 0.5) is 8.78 Å². The molecule has 142 valence electrons. The molecule has 0 N–H and O–H groups in total. The fourth-order valence-electron chi connectivity index (χ4n) is 4.27. The number of aryl methyl sites for hydroxylation is 1. The fraction of sp³-hybridized carbons (Fsp3) is 0.611. The highest BCUT2D eigenvalue weighted by Crippen LogP contribution is 2.40. The molecule has 26 heavy (non-hydrogen) atoms. The van der Waals surface area contributed by atoms with Crippen LogP contribution in [-0.2, 0) is 14.8 Å². The number of carbonyl (C=O) groups is 1. The molecule has 0 bridgehead atoms. The Kier molecular flexibility index (Phi) is 4.30. The number of piperidine rings is 2. The maximum Gasteiger partial charge on any atom is 0.246 e. The number of hydrogen-bond donors (Lipinski definition) is 0. The molecule has 2 atom stereocenters. The number of nitrogens with zero attached hydrogens (tertiary/aromatic N) is 2. The van der Waals surface area contributed by atoms with Crippen LogP contribution in [0.3, 0.4) is 0 Å². The van der Waals surface area contributed by atoms with Crippen LogP contribution in [-0.4, -0.2) is 48.7 Å². The largest absolute Gasteiger partial charge is 0.336 e. The number of amides is 1. The van der Waals surface area contributed by atoms with Gasteiger partial charge in [0.2, 0.25) is 15.9 Å². The lowest BCUT2D eigenvalue weighted by atomic mass is 9.84. The van der Waals surface area contributed by atoms with Gasteiger partial charge in [-0.25, -0.2) is 17.2 Å². The van der Waals surface area contributed by atoms with Crippen LogP contribution in [0.5, 0.6) is 0 Å². The van der Waals surface area contributed by atoms with Gasteiger partial charge in [0.25, 0.3) is 0 Å². The Labute approximate surface area is 152 Å². The van der Waals surface area contributed by atoms with E-state index in [1.165, 1.54) is 11.2 Å². The van der Waals surface area contributed by atoms with Gasteiger partial charge in [-0.1, -0.05) is 0 Å². The summed E-state index contributed by atoms with van der Waals surface area (Å²) in [7, 11) is -4.03. The molecular formula is C18H22F2N2O3S. The third kappa shape index (κ3) is 2.93. The van der Waals surface area contributed by atoms with E-state index in [0.29, 0.717) is 31.4 Å². The van der Waals surface area contributed by atoms with Crippen LogP contribution in [0.25, 0.3) is 0 Å².